The number of nitrogens with zero attached hydrogens (tertiary/aromatic N) is 2. The summed E-state index contributed by atoms with van der Waals surface area (Å²) in [6, 6.07) is 16.1. The molecule has 0 N–H and O–H groups in total. The molecule has 1 amide bonds. The molecule has 0 saturated carbocycles. The quantitative estimate of drug-likeness (QED) is 0.685. The van der Waals surface area contributed by atoms with Gasteiger partial charge in [-0.15, -0.1) is 0 Å². The van der Waals surface area contributed by atoms with Crippen molar-refractivity contribution in [2.45, 2.75) is 44.2 Å². The molecule has 0 spiro atoms. The van der Waals surface area contributed by atoms with Crippen molar-refractivity contribution in [3.63, 3.8) is 0 Å². The maximum Gasteiger partial charge on any atom is 0.243 e. The number of hydrogen-bond acceptors (Lipinski definition) is 3. The van der Waals surface area contributed by atoms with Gasteiger partial charge in [0.1, 0.15) is 0 Å². The fraction of sp³-hybridized carbons (Fsp3) is 0.409. The van der Waals surface area contributed by atoms with Gasteiger partial charge in [-0.1, -0.05) is 41.9 Å². The number of carbonyl (C=O) groups is 1. The summed E-state index contributed by atoms with van der Waals surface area (Å²) in [6.07, 6.45) is 1.37. The highest BCUT2D eigenvalue weighted by Gasteiger charge is 2.35. The van der Waals surface area contributed by atoms with E-state index < -0.39 is 10.0 Å². The van der Waals surface area contributed by atoms with Crippen LogP contribution in [0.15, 0.2) is 59.5 Å². The van der Waals surface area contributed by atoms with Crippen LogP contribution in [0.3, 0.4) is 0 Å². The number of hydrogen-bond donors (Lipinski definition) is 0. The van der Waals surface area contributed by atoms with Crippen molar-refractivity contribution in [2.75, 3.05) is 13.1 Å². The summed E-state index contributed by atoms with van der Waals surface area (Å²) in [6.45, 7) is 5.15. The third-order valence-corrected chi connectivity index (χ3v) is 7.42. The second-order valence-corrected chi connectivity index (χ2v) is 10.1. The molecule has 156 valence electrons. The molecule has 7 heteroatoms. The van der Waals surface area contributed by atoms with Crippen molar-refractivity contribution in [3.8, 4) is 0 Å². The lowest BCUT2D eigenvalue weighted by Crippen LogP contribution is -2.48. The highest BCUT2D eigenvalue weighted by atomic mass is 35.5. The predicted molar refractivity (Wildman–Crippen MR) is 115 cm³/mol. The van der Waals surface area contributed by atoms with Crippen LogP contribution < -0.4 is 0 Å². The summed E-state index contributed by atoms with van der Waals surface area (Å²) in [5, 5.41) is 0.490. The Kier molecular flexibility index (Phi) is 6.98. The fourth-order valence-electron chi connectivity index (χ4n) is 3.65. The Morgan fingerprint density at radius 3 is 2.41 bits per heavy atom. The van der Waals surface area contributed by atoms with Gasteiger partial charge in [-0.2, -0.15) is 4.31 Å². The van der Waals surface area contributed by atoms with Gasteiger partial charge < -0.3 is 4.90 Å². The summed E-state index contributed by atoms with van der Waals surface area (Å²) < 4.78 is 27.5. The van der Waals surface area contributed by atoms with Gasteiger partial charge in [-0.25, -0.2) is 8.42 Å². The van der Waals surface area contributed by atoms with Gasteiger partial charge in [0.25, 0.3) is 0 Å². The van der Waals surface area contributed by atoms with Crippen LogP contribution in [0.1, 0.15) is 32.3 Å². The Hall–Kier alpha value is -1.89. The van der Waals surface area contributed by atoms with E-state index in [1.54, 1.807) is 12.1 Å². The standard InChI is InChI=1S/C22H27ClN2O3S/c1-17(2)25(15-18-7-4-3-5-8-18)22(26)19-9-6-14-24(16-19)29(27,28)21-12-10-20(23)11-13-21/h3-5,7-8,10-13,17,19H,6,9,14-16H2,1-2H3. The second-order valence-electron chi connectivity index (χ2n) is 7.70. The third kappa shape index (κ3) is 5.18. The van der Waals surface area contributed by atoms with Crippen LogP contribution in [0.5, 0.6) is 0 Å². The Morgan fingerprint density at radius 1 is 1.14 bits per heavy atom. The highest BCUT2D eigenvalue weighted by molar-refractivity contribution is 7.89. The van der Waals surface area contributed by atoms with E-state index in [2.05, 4.69) is 0 Å². The number of carbonyl (C=O) groups excluding carboxylic acids is 1. The first-order valence-corrected chi connectivity index (χ1v) is 11.7. The smallest absolute Gasteiger partial charge is 0.243 e. The van der Waals surface area contributed by atoms with Crippen molar-refractivity contribution in [2.24, 2.45) is 5.92 Å². The molecule has 0 aromatic heterocycles. The molecule has 2 aromatic carbocycles. The normalized spacial score (nSPS) is 18.0. The SMILES string of the molecule is CC(C)N(Cc1ccccc1)C(=O)C1CCCN(S(=O)(=O)c2ccc(Cl)cc2)C1. The molecule has 1 aliphatic heterocycles. The zero-order valence-corrected chi connectivity index (χ0v) is 18.4. The van der Waals surface area contributed by atoms with Gasteiger partial charge in [0.15, 0.2) is 0 Å². The van der Waals surface area contributed by atoms with Gasteiger partial charge in [-0.3, -0.25) is 4.79 Å². The molecule has 1 heterocycles. The fourth-order valence-corrected chi connectivity index (χ4v) is 5.30. The molecule has 5 nitrogen and oxygen atoms in total. The minimum atomic E-state index is -3.65. The van der Waals surface area contributed by atoms with E-state index in [1.165, 1.54) is 16.4 Å². The van der Waals surface area contributed by atoms with Crippen molar-refractivity contribution >= 4 is 27.5 Å². The van der Waals surface area contributed by atoms with E-state index in [0.29, 0.717) is 31.0 Å². The van der Waals surface area contributed by atoms with E-state index in [0.717, 1.165) is 5.56 Å². The van der Waals surface area contributed by atoms with Crippen LogP contribution in [-0.2, 0) is 21.4 Å². The summed E-state index contributed by atoms with van der Waals surface area (Å²) in [5.41, 5.74) is 1.07. The monoisotopic (exact) mass is 434 g/mol. The van der Waals surface area contributed by atoms with Gasteiger partial charge >= 0.3 is 0 Å². The molecule has 29 heavy (non-hydrogen) atoms. The van der Waals surface area contributed by atoms with Gasteiger partial charge in [0.05, 0.1) is 10.8 Å². The third-order valence-electron chi connectivity index (χ3n) is 5.29. The number of rotatable bonds is 6. The Labute approximate surface area is 178 Å². The first kappa shape index (κ1) is 21.8. The van der Waals surface area contributed by atoms with E-state index in [9.17, 15) is 13.2 Å². The van der Waals surface area contributed by atoms with Crippen LogP contribution in [0.25, 0.3) is 0 Å². The average molecular weight is 435 g/mol. The van der Waals surface area contributed by atoms with Gasteiger partial charge in [0, 0.05) is 30.7 Å². The average Bonchev–Trinajstić information content (AvgIpc) is 2.72. The molecule has 1 atom stereocenters. The minimum Gasteiger partial charge on any atom is -0.336 e. The van der Waals surface area contributed by atoms with E-state index in [4.69, 9.17) is 11.6 Å². The molecule has 3 rings (SSSR count). The molecule has 0 radical (unpaired) electrons. The molecular weight excluding hydrogens is 408 g/mol. The number of benzene rings is 2. The first-order valence-electron chi connectivity index (χ1n) is 9.89. The summed E-state index contributed by atoms with van der Waals surface area (Å²) in [5.74, 6) is -0.322. The lowest BCUT2D eigenvalue weighted by molar-refractivity contribution is -0.139. The van der Waals surface area contributed by atoms with Crippen LogP contribution in [0.4, 0.5) is 0 Å². The van der Waals surface area contributed by atoms with Crippen LogP contribution in [0.2, 0.25) is 5.02 Å². The molecule has 0 bridgehead atoms. The topological polar surface area (TPSA) is 57.7 Å². The molecule has 1 fully saturated rings. The second kappa shape index (κ2) is 9.28. The van der Waals surface area contributed by atoms with Crippen molar-refractivity contribution < 1.29 is 13.2 Å². The highest BCUT2D eigenvalue weighted by Crippen LogP contribution is 2.27. The Morgan fingerprint density at radius 2 is 1.79 bits per heavy atom. The number of sulfonamides is 1. The van der Waals surface area contributed by atoms with Crippen molar-refractivity contribution in [3.05, 3.63) is 65.2 Å². The zero-order chi connectivity index (χ0) is 21.0. The molecule has 1 saturated heterocycles. The van der Waals surface area contributed by atoms with E-state index in [1.807, 2.05) is 49.1 Å². The first-order chi connectivity index (χ1) is 13.8. The van der Waals surface area contributed by atoms with Crippen molar-refractivity contribution in [1.82, 2.24) is 9.21 Å². The molecule has 1 aliphatic rings. The summed E-state index contributed by atoms with van der Waals surface area (Å²) in [4.78, 5) is 15.3. The Balaban J connectivity index is 1.76. The van der Waals surface area contributed by atoms with Crippen LogP contribution in [0, 0.1) is 5.92 Å². The van der Waals surface area contributed by atoms with Gasteiger partial charge in [-0.05, 0) is 56.5 Å². The number of halogens is 1. The predicted octanol–water partition coefficient (Wildman–Crippen LogP) is 4.18. The minimum absolute atomic E-state index is 0.0138. The molecule has 2 aromatic rings. The summed E-state index contributed by atoms with van der Waals surface area (Å²) in [7, 11) is -3.65. The van der Waals surface area contributed by atoms with Crippen molar-refractivity contribution in [1.29, 1.82) is 0 Å². The molecule has 1 unspecified atom stereocenters. The maximum absolute atomic E-state index is 13.3. The van der Waals surface area contributed by atoms with Gasteiger partial charge in [0.2, 0.25) is 15.9 Å². The maximum atomic E-state index is 13.3. The Bertz CT molecular complexity index is 930. The summed E-state index contributed by atoms with van der Waals surface area (Å²) >= 11 is 5.88. The molecule has 0 aliphatic carbocycles. The van der Waals surface area contributed by atoms with E-state index in [-0.39, 0.29) is 29.3 Å². The lowest BCUT2D eigenvalue weighted by Gasteiger charge is -2.36. The molecular formula is C22H27ClN2O3S. The van der Waals surface area contributed by atoms with Crippen LogP contribution in [-0.4, -0.2) is 42.7 Å². The zero-order valence-electron chi connectivity index (χ0n) is 16.8. The van der Waals surface area contributed by atoms with Crippen LogP contribution >= 0.6 is 11.6 Å². The lowest BCUT2D eigenvalue weighted by atomic mass is 9.97. The van der Waals surface area contributed by atoms with E-state index >= 15 is 0 Å². The number of piperidine rings is 1. The largest absolute Gasteiger partial charge is 0.336 e. The number of amides is 1.